The molecule has 0 aromatic heterocycles. The molecule has 1 saturated heterocycles. The minimum Gasteiger partial charge on any atom is -0.371 e. The van der Waals surface area contributed by atoms with Crippen LogP contribution in [0.15, 0.2) is 30.3 Å². The van der Waals surface area contributed by atoms with E-state index in [1.807, 2.05) is 13.8 Å². The zero-order valence-corrected chi connectivity index (χ0v) is 10.3. The van der Waals surface area contributed by atoms with E-state index in [4.69, 9.17) is 5.84 Å². The van der Waals surface area contributed by atoms with Crippen LogP contribution < -0.4 is 16.2 Å². The Morgan fingerprint density at radius 2 is 1.69 bits per heavy atom. The molecular formula is C13H23N3. The van der Waals surface area contributed by atoms with Gasteiger partial charge in [-0.25, -0.2) is 0 Å². The molecule has 1 aromatic carbocycles. The number of hydrogen-bond donors (Lipinski definition) is 2. The molecular weight excluding hydrogens is 198 g/mol. The highest BCUT2D eigenvalue weighted by atomic mass is 15.2. The van der Waals surface area contributed by atoms with Crippen molar-refractivity contribution in [2.75, 3.05) is 18.0 Å². The fourth-order valence-corrected chi connectivity index (χ4v) is 1.94. The molecule has 0 unspecified atom stereocenters. The van der Waals surface area contributed by atoms with E-state index in [0.29, 0.717) is 6.04 Å². The number of hydrazine groups is 1. The van der Waals surface area contributed by atoms with Crippen LogP contribution in [0.5, 0.6) is 0 Å². The maximum absolute atomic E-state index is 5.42. The summed E-state index contributed by atoms with van der Waals surface area (Å²) in [6, 6.07) is 11.0. The van der Waals surface area contributed by atoms with Crippen LogP contribution >= 0.6 is 0 Å². The number of benzene rings is 1. The van der Waals surface area contributed by atoms with Gasteiger partial charge in [-0.05, 0) is 25.0 Å². The summed E-state index contributed by atoms with van der Waals surface area (Å²) in [5, 5.41) is 0. The Morgan fingerprint density at radius 3 is 2.19 bits per heavy atom. The quantitative estimate of drug-likeness (QED) is 0.594. The minimum atomic E-state index is 0.495. The zero-order chi connectivity index (χ0) is 11.8. The van der Waals surface area contributed by atoms with E-state index in [0.717, 1.165) is 25.9 Å². The summed E-state index contributed by atoms with van der Waals surface area (Å²) in [5.41, 5.74) is 4.17. The second-order valence-electron chi connectivity index (χ2n) is 3.76. The van der Waals surface area contributed by atoms with E-state index < -0.39 is 0 Å². The molecule has 3 N–H and O–H groups in total. The third-order valence-electron chi connectivity index (χ3n) is 2.85. The van der Waals surface area contributed by atoms with Crippen molar-refractivity contribution in [3.8, 4) is 0 Å². The van der Waals surface area contributed by atoms with Crippen LogP contribution in [0.3, 0.4) is 0 Å². The Bertz CT molecular complexity index is 266. The number of hydrogen-bond acceptors (Lipinski definition) is 3. The predicted octanol–water partition coefficient (Wildman–Crippen LogP) is 2.14. The van der Waals surface area contributed by atoms with E-state index in [-0.39, 0.29) is 0 Å². The molecule has 16 heavy (non-hydrogen) atoms. The van der Waals surface area contributed by atoms with Gasteiger partial charge < -0.3 is 4.90 Å². The molecule has 1 fully saturated rings. The third kappa shape index (κ3) is 3.51. The summed E-state index contributed by atoms with van der Waals surface area (Å²) in [7, 11) is 0. The van der Waals surface area contributed by atoms with Crippen LogP contribution in [0.2, 0.25) is 0 Å². The van der Waals surface area contributed by atoms with Crippen LogP contribution in [0.4, 0.5) is 5.69 Å². The molecule has 0 amide bonds. The molecule has 3 heteroatoms. The van der Waals surface area contributed by atoms with Crippen molar-refractivity contribution in [1.82, 2.24) is 5.43 Å². The number of nitrogens with one attached hydrogen (secondary N) is 1. The summed E-state index contributed by atoms with van der Waals surface area (Å²) in [5.74, 6) is 5.42. The average molecular weight is 221 g/mol. The number of rotatable bonds is 2. The summed E-state index contributed by atoms with van der Waals surface area (Å²) >= 11 is 0. The molecule has 0 bridgehead atoms. The first kappa shape index (κ1) is 13.0. The highest BCUT2D eigenvalue weighted by molar-refractivity contribution is 5.46. The van der Waals surface area contributed by atoms with Crippen LogP contribution in [0.25, 0.3) is 0 Å². The second-order valence-corrected chi connectivity index (χ2v) is 3.76. The summed E-state index contributed by atoms with van der Waals surface area (Å²) in [6.07, 6.45) is 2.26. The lowest BCUT2D eigenvalue weighted by molar-refractivity contribution is 0.423. The predicted molar refractivity (Wildman–Crippen MR) is 70.3 cm³/mol. The van der Waals surface area contributed by atoms with Gasteiger partial charge in [-0.15, -0.1) is 0 Å². The van der Waals surface area contributed by atoms with Crippen molar-refractivity contribution in [2.24, 2.45) is 5.84 Å². The number of piperidine rings is 1. The summed E-state index contributed by atoms with van der Waals surface area (Å²) in [4.78, 5) is 2.41. The first-order valence-corrected chi connectivity index (χ1v) is 6.16. The second kappa shape index (κ2) is 7.25. The maximum Gasteiger partial charge on any atom is 0.0366 e. The van der Waals surface area contributed by atoms with E-state index in [1.54, 1.807) is 0 Å². The van der Waals surface area contributed by atoms with Crippen LogP contribution in [0.1, 0.15) is 26.7 Å². The van der Waals surface area contributed by atoms with Crippen molar-refractivity contribution in [2.45, 2.75) is 32.7 Å². The molecule has 1 heterocycles. The lowest BCUT2D eigenvalue weighted by atomic mass is 10.1. The molecule has 0 radical (unpaired) electrons. The Morgan fingerprint density at radius 1 is 1.12 bits per heavy atom. The van der Waals surface area contributed by atoms with Crippen LogP contribution in [-0.4, -0.2) is 19.1 Å². The Hall–Kier alpha value is -1.06. The van der Waals surface area contributed by atoms with Gasteiger partial charge in [0.15, 0.2) is 0 Å². The van der Waals surface area contributed by atoms with E-state index in [1.165, 1.54) is 5.69 Å². The topological polar surface area (TPSA) is 41.3 Å². The van der Waals surface area contributed by atoms with Crippen molar-refractivity contribution >= 4 is 5.69 Å². The van der Waals surface area contributed by atoms with Gasteiger partial charge in [0, 0.05) is 24.8 Å². The number of nitrogens with zero attached hydrogens (tertiary/aromatic N) is 1. The standard InChI is InChI=1S/C11H17N3.C2H6/c12-13-10-6-8-14(9-7-10)11-4-2-1-3-5-11;1-2/h1-5,10,13H,6-9,12H2;1-2H3. The van der Waals surface area contributed by atoms with Gasteiger partial charge in [-0.1, -0.05) is 32.0 Å². The summed E-state index contributed by atoms with van der Waals surface area (Å²) < 4.78 is 0. The molecule has 1 aliphatic rings. The van der Waals surface area contributed by atoms with Gasteiger partial charge in [-0.3, -0.25) is 11.3 Å². The van der Waals surface area contributed by atoms with Gasteiger partial charge >= 0.3 is 0 Å². The summed E-state index contributed by atoms with van der Waals surface area (Å²) in [6.45, 7) is 6.19. The van der Waals surface area contributed by atoms with Crippen molar-refractivity contribution < 1.29 is 0 Å². The van der Waals surface area contributed by atoms with E-state index >= 15 is 0 Å². The van der Waals surface area contributed by atoms with Gasteiger partial charge in [-0.2, -0.15) is 0 Å². The van der Waals surface area contributed by atoms with Crippen LogP contribution in [-0.2, 0) is 0 Å². The molecule has 0 atom stereocenters. The smallest absolute Gasteiger partial charge is 0.0366 e. The molecule has 0 aliphatic carbocycles. The fraction of sp³-hybridized carbons (Fsp3) is 0.538. The van der Waals surface area contributed by atoms with Crippen molar-refractivity contribution in [3.63, 3.8) is 0 Å². The lowest BCUT2D eigenvalue weighted by Crippen LogP contribution is -2.45. The van der Waals surface area contributed by atoms with Gasteiger partial charge in [0.2, 0.25) is 0 Å². The Labute approximate surface area is 98.6 Å². The first-order chi connectivity index (χ1) is 7.90. The average Bonchev–Trinajstić information content (AvgIpc) is 2.42. The van der Waals surface area contributed by atoms with Gasteiger partial charge in [0.25, 0.3) is 0 Å². The molecule has 1 aromatic rings. The third-order valence-corrected chi connectivity index (χ3v) is 2.85. The SMILES string of the molecule is CC.NNC1CCN(c2ccccc2)CC1. The van der Waals surface area contributed by atoms with Crippen molar-refractivity contribution in [3.05, 3.63) is 30.3 Å². The largest absolute Gasteiger partial charge is 0.371 e. The highest BCUT2D eigenvalue weighted by Crippen LogP contribution is 2.18. The lowest BCUT2D eigenvalue weighted by Gasteiger charge is -2.33. The minimum absolute atomic E-state index is 0.495. The molecule has 90 valence electrons. The Kier molecular flexibility index (Phi) is 5.90. The molecule has 2 rings (SSSR count). The maximum atomic E-state index is 5.42. The van der Waals surface area contributed by atoms with Crippen LogP contribution in [0, 0.1) is 0 Å². The van der Waals surface area contributed by atoms with Crippen molar-refractivity contribution in [1.29, 1.82) is 0 Å². The highest BCUT2D eigenvalue weighted by Gasteiger charge is 2.17. The van der Waals surface area contributed by atoms with Gasteiger partial charge in [0.1, 0.15) is 0 Å². The van der Waals surface area contributed by atoms with E-state index in [2.05, 4.69) is 40.7 Å². The monoisotopic (exact) mass is 221 g/mol. The normalized spacial score (nSPS) is 16.6. The number of nitrogens with two attached hydrogens (primary N) is 1. The van der Waals surface area contributed by atoms with Gasteiger partial charge in [0.05, 0.1) is 0 Å². The zero-order valence-electron chi connectivity index (χ0n) is 10.3. The van der Waals surface area contributed by atoms with E-state index in [9.17, 15) is 0 Å². The fourth-order valence-electron chi connectivity index (χ4n) is 1.94. The number of para-hydroxylation sites is 1. The molecule has 0 spiro atoms. The molecule has 3 nitrogen and oxygen atoms in total. The first-order valence-electron chi connectivity index (χ1n) is 6.16. The molecule has 1 aliphatic heterocycles. The number of anilines is 1. The molecule has 0 saturated carbocycles. The Balaban J connectivity index is 0.000000606.